The molecule has 22 heavy (non-hydrogen) atoms. The maximum Gasteiger partial charge on any atom is 0.189 e. The predicted molar refractivity (Wildman–Crippen MR) is 92.2 cm³/mol. The maximum absolute atomic E-state index is 6.01. The second-order valence-corrected chi connectivity index (χ2v) is 6.37. The van der Waals surface area contributed by atoms with Crippen LogP contribution < -0.4 is 5.32 Å². The fourth-order valence-corrected chi connectivity index (χ4v) is 3.40. The van der Waals surface area contributed by atoms with Gasteiger partial charge in [0.2, 0.25) is 0 Å². The lowest BCUT2D eigenvalue weighted by atomic mass is 10.3. The van der Waals surface area contributed by atoms with Crippen LogP contribution in [0.5, 0.6) is 0 Å². The smallest absolute Gasteiger partial charge is 0.189 e. The number of hydrogen-bond donors (Lipinski definition) is 1. The number of nitrogens with zero attached hydrogens (tertiary/aromatic N) is 3. The van der Waals surface area contributed by atoms with Gasteiger partial charge in [-0.1, -0.05) is 35.1 Å². The molecule has 108 valence electrons. The molecule has 0 aliphatic carbocycles. The lowest BCUT2D eigenvalue weighted by Crippen LogP contribution is -1.99. The van der Waals surface area contributed by atoms with Crippen LogP contribution in [-0.4, -0.2) is 15.0 Å². The third kappa shape index (κ3) is 2.38. The maximum atomic E-state index is 6.01. The molecule has 2 aromatic heterocycles. The molecule has 0 unspecified atom stereocenters. The van der Waals surface area contributed by atoms with Crippen molar-refractivity contribution in [2.24, 2.45) is 0 Å². The molecule has 0 bridgehead atoms. The van der Waals surface area contributed by atoms with E-state index in [-0.39, 0.29) is 0 Å². The third-order valence-corrected chi connectivity index (χ3v) is 4.49. The first-order chi connectivity index (χ1) is 10.7. The number of benzene rings is 2. The Morgan fingerprint density at radius 3 is 2.55 bits per heavy atom. The molecule has 2 aromatic carbocycles. The van der Waals surface area contributed by atoms with Gasteiger partial charge in [-0.2, -0.15) is 0 Å². The van der Waals surface area contributed by atoms with E-state index in [4.69, 9.17) is 11.6 Å². The highest BCUT2D eigenvalue weighted by Crippen LogP contribution is 2.30. The van der Waals surface area contributed by atoms with Crippen LogP contribution in [0.4, 0.5) is 10.9 Å². The van der Waals surface area contributed by atoms with E-state index in [1.807, 2.05) is 49.4 Å². The Morgan fingerprint density at radius 2 is 1.73 bits per heavy atom. The van der Waals surface area contributed by atoms with Gasteiger partial charge in [0.05, 0.1) is 26.9 Å². The van der Waals surface area contributed by atoms with Gasteiger partial charge in [-0.05, 0) is 37.3 Å². The van der Waals surface area contributed by atoms with Gasteiger partial charge in [0.15, 0.2) is 10.9 Å². The molecule has 0 aliphatic rings. The van der Waals surface area contributed by atoms with Crippen molar-refractivity contribution in [3.63, 3.8) is 0 Å². The number of hydrogen-bond acceptors (Lipinski definition) is 5. The van der Waals surface area contributed by atoms with Gasteiger partial charge in [-0.25, -0.2) is 15.0 Å². The molecule has 4 rings (SSSR count). The summed E-state index contributed by atoms with van der Waals surface area (Å²) in [5.74, 6) is 0.726. The van der Waals surface area contributed by atoms with Gasteiger partial charge >= 0.3 is 0 Å². The van der Waals surface area contributed by atoms with Crippen molar-refractivity contribution >= 4 is 55.1 Å². The quantitative estimate of drug-likeness (QED) is 0.566. The predicted octanol–water partition coefficient (Wildman–Crippen LogP) is 4.94. The number of halogens is 1. The summed E-state index contributed by atoms with van der Waals surface area (Å²) in [7, 11) is 0. The van der Waals surface area contributed by atoms with Crippen LogP contribution in [0.15, 0.2) is 42.5 Å². The van der Waals surface area contributed by atoms with Crippen molar-refractivity contribution in [3.05, 3.63) is 53.2 Å². The molecule has 2 heterocycles. The first-order valence-electron chi connectivity index (χ1n) is 6.75. The molecular formula is C16H11ClN4S. The van der Waals surface area contributed by atoms with Gasteiger partial charge in [0.1, 0.15) is 0 Å². The Hall–Kier alpha value is -2.24. The molecule has 0 radical (unpaired) electrons. The number of anilines is 2. The second kappa shape index (κ2) is 5.19. The Balaban J connectivity index is 1.76. The van der Waals surface area contributed by atoms with E-state index in [9.17, 15) is 0 Å². The van der Waals surface area contributed by atoms with Gasteiger partial charge in [-0.15, -0.1) is 0 Å². The number of thiazole rings is 1. The Kier molecular flexibility index (Phi) is 3.17. The first kappa shape index (κ1) is 13.4. The van der Waals surface area contributed by atoms with E-state index < -0.39 is 0 Å². The SMILES string of the molecule is Cc1nc2ccccc2nc1Nc1nc2ccc(Cl)cc2s1. The molecule has 0 atom stereocenters. The van der Waals surface area contributed by atoms with Crippen molar-refractivity contribution in [2.45, 2.75) is 6.92 Å². The van der Waals surface area contributed by atoms with Gasteiger partial charge in [0, 0.05) is 5.02 Å². The number of fused-ring (bicyclic) bond motifs is 2. The number of nitrogens with one attached hydrogen (secondary N) is 1. The monoisotopic (exact) mass is 326 g/mol. The van der Waals surface area contributed by atoms with E-state index in [2.05, 4.69) is 20.3 Å². The summed E-state index contributed by atoms with van der Waals surface area (Å²) >= 11 is 7.56. The zero-order valence-corrected chi connectivity index (χ0v) is 13.2. The molecule has 0 fully saturated rings. The number of aromatic nitrogens is 3. The third-order valence-electron chi connectivity index (χ3n) is 3.32. The van der Waals surface area contributed by atoms with Crippen LogP contribution in [0.1, 0.15) is 5.69 Å². The van der Waals surface area contributed by atoms with Crippen LogP contribution in [0, 0.1) is 6.92 Å². The molecular weight excluding hydrogens is 316 g/mol. The number of rotatable bonds is 2. The molecule has 0 amide bonds. The van der Waals surface area contributed by atoms with E-state index in [1.165, 1.54) is 0 Å². The van der Waals surface area contributed by atoms with Crippen molar-refractivity contribution < 1.29 is 0 Å². The van der Waals surface area contributed by atoms with E-state index in [0.717, 1.165) is 37.9 Å². The minimum absolute atomic E-state index is 0.712. The summed E-state index contributed by atoms with van der Waals surface area (Å²) < 4.78 is 1.04. The van der Waals surface area contributed by atoms with Gasteiger partial charge in [-0.3, -0.25) is 0 Å². The van der Waals surface area contributed by atoms with Gasteiger partial charge < -0.3 is 5.32 Å². The van der Waals surface area contributed by atoms with Gasteiger partial charge in [0.25, 0.3) is 0 Å². The largest absolute Gasteiger partial charge is 0.315 e. The van der Waals surface area contributed by atoms with Crippen molar-refractivity contribution in [3.8, 4) is 0 Å². The summed E-state index contributed by atoms with van der Waals surface area (Å²) in [4.78, 5) is 13.7. The van der Waals surface area contributed by atoms with Crippen molar-refractivity contribution in [1.82, 2.24) is 15.0 Å². The molecule has 4 aromatic rings. The minimum atomic E-state index is 0.712. The molecule has 0 saturated heterocycles. The zero-order valence-electron chi connectivity index (χ0n) is 11.7. The van der Waals surface area contributed by atoms with E-state index in [0.29, 0.717) is 5.02 Å². The van der Waals surface area contributed by atoms with Crippen LogP contribution in [0.3, 0.4) is 0 Å². The Labute approximate surface area is 135 Å². The highest BCUT2D eigenvalue weighted by molar-refractivity contribution is 7.22. The normalized spacial score (nSPS) is 11.2. The average molecular weight is 327 g/mol. The summed E-state index contributed by atoms with van der Waals surface area (Å²) in [6.45, 7) is 1.94. The molecule has 4 nitrogen and oxygen atoms in total. The lowest BCUT2D eigenvalue weighted by Gasteiger charge is -2.06. The Morgan fingerprint density at radius 1 is 0.955 bits per heavy atom. The fourth-order valence-electron chi connectivity index (χ4n) is 2.26. The molecule has 6 heteroatoms. The summed E-state index contributed by atoms with van der Waals surface area (Å²) in [5, 5.41) is 4.76. The lowest BCUT2D eigenvalue weighted by molar-refractivity contribution is 1.18. The van der Waals surface area contributed by atoms with Crippen LogP contribution in [-0.2, 0) is 0 Å². The molecule has 1 N–H and O–H groups in total. The van der Waals surface area contributed by atoms with Crippen LogP contribution >= 0.6 is 22.9 Å². The average Bonchev–Trinajstić information content (AvgIpc) is 2.89. The summed E-state index contributed by atoms with van der Waals surface area (Å²) in [5.41, 5.74) is 3.51. The fraction of sp³-hybridized carbons (Fsp3) is 0.0625. The highest BCUT2D eigenvalue weighted by Gasteiger charge is 2.09. The van der Waals surface area contributed by atoms with Crippen molar-refractivity contribution in [2.75, 3.05) is 5.32 Å². The van der Waals surface area contributed by atoms with Crippen molar-refractivity contribution in [1.29, 1.82) is 0 Å². The molecule has 0 saturated carbocycles. The first-order valence-corrected chi connectivity index (χ1v) is 7.95. The standard InChI is InChI=1S/C16H11ClN4S/c1-9-15(19-12-5-3-2-4-11(12)18-9)21-16-20-13-7-6-10(17)8-14(13)22-16/h2-8H,1H3,(H,19,20,21). The summed E-state index contributed by atoms with van der Waals surface area (Å²) in [6.07, 6.45) is 0. The number of para-hydroxylation sites is 2. The molecule has 0 aliphatic heterocycles. The van der Waals surface area contributed by atoms with E-state index >= 15 is 0 Å². The summed E-state index contributed by atoms with van der Waals surface area (Å²) in [6, 6.07) is 13.5. The Bertz CT molecular complexity index is 996. The topological polar surface area (TPSA) is 50.7 Å². The second-order valence-electron chi connectivity index (χ2n) is 4.90. The molecule has 0 spiro atoms. The highest BCUT2D eigenvalue weighted by atomic mass is 35.5. The number of aryl methyl sites for hydroxylation is 1. The van der Waals surface area contributed by atoms with E-state index in [1.54, 1.807) is 11.3 Å². The van der Waals surface area contributed by atoms with Crippen LogP contribution in [0.2, 0.25) is 5.02 Å². The minimum Gasteiger partial charge on any atom is -0.315 e. The van der Waals surface area contributed by atoms with Crippen LogP contribution in [0.25, 0.3) is 21.3 Å². The zero-order chi connectivity index (χ0) is 15.1.